The van der Waals surface area contributed by atoms with E-state index in [9.17, 15) is 9.59 Å². The number of fused-ring (bicyclic) bond motifs is 1. The van der Waals surface area contributed by atoms with Crippen LogP contribution in [0.3, 0.4) is 0 Å². The highest BCUT2D eigenvalue weighted by Gasteiger charge is 2.49. The third-order valence-electron chi connectivity index (χ3n) is 4.42. The maximum atomic E-state index is 12.8. The summed E-state index contributed by atoms with van der Waals surface area (Å²) in [6, 6.07) is 14.9. The average molecular weight is 344 g/mol. The van der Waals surface area contributed by atoms with Crippen molar-refractivity contribution >= 4 is 29.2 Å². The molecule has 3 amide bonds. The molecule has 1 aliphatic heterocycles. The van der Waals surface area contributed by atoms with Gasteiger partial charge in [-0.2, -0.15) is 0 Å². The Morgan fingerprint density at radius 3 is 2.33 bits per heavy atom. The number of nitrogens with zero attached hydrogens (tertiary/aromatic N) is 2. The van der Waals surface area contributed by atoms with E-state index >= 15 is 0 Å². The summed E-state index contributed by atoms with van der Waals surface area (Å²) in [4.78, 5) is 26.4. The Kier molecular flexibility index (Phi) is 3.97. The Morgan fingerprint density at radius 2 is 1.71 bits per heavy atom. The molecule has 0 bridgehead atoms. The van der Waals surface area contributed by atoms with Gasteiger partial charge in [-0.1, -0.05) is 60.1 Å². The molecule has 2 aromatic carbocycles. The van der Waals surface area contributed by atoms with Gasteiger partial charge in [0, 0.05) is 12.6 Å². The number of hydrogen-bond acceptors (Lipinski definition) is 2. The van der Waals surface area contributed by atoms with Gasteiger partial charge in [-0.25, -0.2) is 4.79 Å². The number of likely N-dealkylation sites (N-methyl/N-ethyl adjacent to an activating group) is 1. The molecule has 0 saturated heterocycles. The molecule has 124 valence electrons. The van der Waals surface area contributed by atoms with Crippen LogP contribution in [0, 0.1) is 0 Å². The lowest BCUT2D eigenvalue weighted by Gasteiger charge is -2.40. The summed E-state index contributed by atoms with van der Waals surface area (Å²) in [6.45, 7) is 1.63. The van der Waals surface area contributed by atoms with Crippen LogP contribution in [0.5, 0.6) is 0 Å². The van der Waals surface area contributed by atoms with Crippen LogP contribution in [0.4, 0.5) is 10.5 Å². The number of urea groups is 1. The van der Waals surface area contributed by atoms with Crippen molar-refractivity contribution in [1.29, 1.82) is 0 Å². The summed E-state index contributed by atoms with van der Waals surface area (Å²) < 4.78 is 0. The summed E-state index contributed by atoms with van der Waals surface area (Å²) in [5, 5.41) is 0. The second kappa shape index (κ2) is 5.83. The number of anilines is 1. The number of alkyl halides is 1. The Labute approximate surface area is 145 Å². The molecule has 2 aromatic rings. The van der Waals surface area contributed by atoms with Crippen molar-refractivity contribution in [1.82, 2.24) is 4.90 Å². The average Bonchev–Trinajstić information content (AvgIpc) is 2.66. The Balaban J connectivity index is 2.38. The summed E-state index contributed by atoms with van der Waals surface area (Å²) in [5.74, 6) is -0.250. The number of halogens is 1. The largest absolute Gasteiger partial charge is 0.351 e. The SMILES string of the molecule is C[C@H]1C(=O)N(C)c2ccccc2[C@@](Cl)(c2ccccc2)N1C(N)=O. The first-order valence-corrected chi connectivity index (χ1v) is 7.97. The Bertz CT molecular complexity index is 796. The van der Waals surface area contributed by atoms with E-state index in [0.29, 0.717) is 16.8 Å². The van der Waals surface area contributed by atoms with E-state index in [1.54, 1.807) is 14.0 Å². The van der Waals surface area contributed by atoms with Gasteiger partial charge in [0.25, 0.3) is 0 Å². The number of carbonyl (C=O) groups excluding carboxylic acids is 2. The maximum Gasteiger partial charge on any atom is 0.317 e. The molecule has 0 saturated carbocycles. The number of rotatable bonds is 1. The number of primary amides is 1. The third-order valence-corrected chi connectivity index (χ3v) is 5.03. The van der Waals surface area contributed by atoms with Crippen LogP contribution in [0.25, 0.3) is 0 Å². The quantitative estimate of drug-likeness (QED) is 0.639. The van der Waals surface area contributed by atoms with Gasteiger partial charge < -0.3 is 10.6 Å². The van der Waals surface area contributed by atoms with Gasteiger partial charge in [-0.3, -0.25) is 9.69 Å². The first-order valence-electron chi connectivity index (χ1n) is 7.59. The molecule has 0 fully saturated rings. The molecule has 1 heterocycles. The van der Waals surface area contributed by atoms with Gasteiger partial charge >= 0.3 is 6.03 Å². The molecule has 24 heavy (non-hydrogen) atoms. The van der Waals surface area contributed by atoms with Crippen LogP contribution < -0.4 is 10.6 Å². The van der Waals surface area contributed by atoms with Crippen molar-refractivity contribution in [3.05, 3.63) is 65.7 Å². The van der Waals surface area contributed by atoms with Crippen molar-refractivity contribution in [2.75, 3.05) is 11.9 Å². The molecule has 0 unspecified atom stereocenters. The van der Waals surface area contributed by atoms with E-state index < -0.39 is 17.1 Å². The van der Waals surface area contributed by atoms with Gasteiger partial charge in [0.15, 0.2) is 5.00 Å². The minimum atomic E-state index is -1.37. The van der Waals surface area contributed by atoms with Crippen molar-refractivity contribution in [3.8, 4) is 0 Å². The minimum absolute atomic E-state index is 0.250. The fourth-order valence-electron chi connectivity index (χ4n) is 3.25. The predicted octanol–water partition coefficient (Wildman–Crippen LogP) is 2.87. The molecule has 0 aliphatic carbocycles. The zero-order chi connectivity index (χ0) is 17.5. The van der Waals surface area contributed by atoms with Gasteiger partial charge in [-0.15, -0.1) is 0 Å². The summed E-state index contributed by atoms with van der Waals surface area (Å²) >= 11 is 7.07. The molecule has 5 nitrogen and oxygen atoms in total. The fraction of sp³-hybridized carbons (Fsp3) is 0.222. The summed E-state index contributed by atoms with van der Waals surface area (Å²) in [6.07, 6.45) is 0. The minimum Gasteiger partial charge on any atom is -0.351 e. The van der Waals surface area contributed by atoms with Gasteiger partial charge in [0.2, 0.25) is 5.91 Å². The highest BCUT2D eigenvalue weighted by Crippen LogP contribution is 2.47. The van der Waals surface area contributed by atoms with Crippen LogP contribution in [0.15, 0.2) is 54.6 Å². The molecular formula is C18H18ClN3O2. The highest BCUT2D eigenvalue weighted by atomic mass is 35.5. The van der Waals surface area contributed by atoms with Crippen LogP contribution in [0.2, 0.25) is 0 Å². The molecule has 3 rings (SSSR count). The molecule has 0 radical (unpaired) electrons. The third kappa shape index (κ3) is 2.24. The number of carbonyl (C=O) groups is 2. The number of hydrogen-bond donors (Lipinski definition) is 1. The number of nitrogens with two attached hydrogens (primary N) is 1. The standard InChI is InChI=1S/C18H18ClN3O2/c1-12-16(23)21(2)15-11-7-6-10-14(15)18(19,22(12)17(20)24)13-8-4-3-5-9-13/h3-12H,1-2H3,(H2,20,24)/t12-,18+/m0/s1. The zero-order valence-electron chi connectivity index (χ0n) is 13.4. The van der Waals surface area contributed by atoms with Crippen molar-refractivity contribution in [3.63, 3.8) is 0 Å². The predicted molar refractivity (Wildman–Crippen MR) is 93.8 cm³/mol. The van der Waals surface area contributed by atoms with E-state index in [1.807, 2.05) is 54.6 Å². The molecule has 6 heteroatoms. The topological polar surface area (TPSA) is 66.6 Å². The molecule has 2 atom stereocenters. The normalized spacial score (nSPS) is 23.6. The van der Waals surface area contributed by atoms with E-state index in [-0.39, 0.29) is 5.91 Å². The first-order chi connectivity index (χ1) is 11.4. The lowest BCUT2D eigenvalue weighted by molar-refractivity contribution is -0.122. The Morgan fingerprint density at radius 1 is 1.12 bits per heavy atom. The van der Waals surface area contributed by atoms with E-state index in [2.05, 4.69) is 0 Å². The first kappa shape index (κ1) is 16.3. The number of amides is 3. The molecule has 0 spiro atoms. The van der Waals surface area contributed by atoms with E-state index in [4.69, 9.17) is 17.3 Å². The van der Waals surface area contributed by atoms with E-state index in [1.165, 1.54) is 9.80 Å². The van der Waals surface area contributed by atoms with Crippen molar-refractivity contribution in [2.45, 2.75) is 18.0 Å². The summed E-state index contributed by atoms with van der Waals surface area (Å²) in [7, 11) is 1.67. The van der Waals surface area contributed by atoms with Gasteiger partial charge in [0.05, 0.1) is 5.69 Å². The molecular weight excluding hydrogens is 326 g/mol. The zero-order valence-corrected chi connectivity index (χ0v) is 14.2. The lowest BCUT2D eigenvalue weighted by Crippen LogP contribution is -2.56. The number of para-hydroxylation sites is 1. The molecule has 0 aromatic heterocycles. The monoisotopic (exact) mass is 343 g/mol. The fourth-order valence-corrected chi connectivity index (χ4v) is 3.76. The number of benzene rings is 2. The lowest BCUT2D eigenvalue weighted by atomic mass is 9.94. The molecule has 1 aliphatic rings. The smallest absolute Gasteiger partial charge is 0.317 e. The highest BCUT2D eigenvalue weighted by molar-refractivity contribution is 6.28. The van der Waals surface area contributed by atoms with Crippen molar-refractivity contribution in [2.24, 2.45) is 5.73 Å². The second-order valence-corrected chi connectivity index (χ2v) is 6.33. The van der Waals surface area contributed by atoms with E-state index in [0.717, 1.165) is 0 Å². The van der Waals surface area contributed by atoms with Crippen LogP contribution >= 0.6 is 11.6 Å². The second-order valence-electron chi connectivity index (χ2n) is 5.79. The van der Waals surface area contributed by atoms with Crippen molar-refractivity contribution < 1.29 is 9.59 Å². The van der Waals surface area contributed by atoms with Gasteiger partial charge in [-0.05, 0) is 18.6 Å². The summed E-state index contributed by atoms with van der Waals surface area (Å²) in [5.41, 5.74) is 7.60. The van der Waals surface area contributed by atoms with Crippen LogP contribution in [-0.2, 0) is 9.79 Å². The van der Waals surface area contributed by atoms with Crippen LogP contribution in [0.1, 0.15) is 18.1 Å². The molecule has 2 N–H and O–H groups in total. The van der Waals surface area contributed by atoms with Crippen LogP contribution in [-0.4, -0.2) is 29.9 Å². The Hall–Kier alpha value is -2.53. The van der Waals surface area contributed by atoms with Gasteiger partial charge in [0.1, 0.15) is 6.04 Å². The maximum absolute atomic E-state index is 12.8.